The lowest BCUT2D eigenvalue weighted by Crippen LogP contribution is -2.26. The molecule has 9 aromatic rings. The Morgan fingerprint density at radius 1 is 0.380 bits per heavy atom. The number of hydrogen-bond donors (Lipinski definition) is 0. The molecule has 0 amide bonds. The summed E-state index contributed by atoms with van der Waals surface area (Å²) in [5, 5.41) is 10.7. The Hall–Kier alpha value is -6.15. The molecule has 3 nitrogen and oxygen atoms in total. The van der Waals surface area contributed by atoms with E-state index < -0.39 is 7.14 Å². The third kappa shape index (κ3) is 4.27. The molecule has 0 bridgehead atoms. The van der Waals surface area contributed by atoms with Crippen LogP contribution in [0.1, 0.15) is 0 Å². The molecule has 0 fully saturated rings. The van der Waals surface area contributed by atoms with Gasteiger partial charge in [0, 0.05) is 21.3 Å². The summed E-state index contributed by atoms with van der Waals surface area (Å²) in [7, 11) is -3.35. The molecule has 1 heterocycles. The average Bonchev–Trinajstić information content (AvgIpc) is 3.18. The molecule has 4 heteroatoms. The van der Waals surface area contributed by atoms with E-state index >= 15 is 4.57 Å². The molecule has 0 aliphatic carbocycles. The van der Waals surface area contributed by atoms with Crippen LogP contribution in [-0.4, -0.2) is 0 Å². The van der Waals surface area contributed by atoms with Gasteiger partial charge in [-0.05, 0) is 67.0 Å². The lowest BCUT2D eigenvalue weighted by molar-refractivity contribution is 0.364. The Balaban J connectivity index is 1.29. The van der Waals surface area contributed by atoms with E-state index in [4.69, 9.17) is 9.47 Å². The Bertz CT molecular complexity index is 2740. The maximum atomic E-state index is 16.1. The second-order valence-corrected chi connectivity index (χ2v) is 15.4. The normalized spacial score (nSPS) is 12.4. The number of ether oxygens (including phenoxy) is 2. The van der Waals surface area contributed by atoms with Gasteiger partial charge in [0.1, 0.15) is 0 Å². The van der Waals surface area contributed by atoms with Gasteiger partial charge < -0.3 is 14.0 Å². The molecule has 0 spiro atoms. The van der Waals surface area contributed by atoms with E-state index in [1.165, 1.54) is 0 Å². The van der Waals surface area contributed by atoms with Crippen LogP contribution in [0.4, 0.5) is 0 Å². The minimum absolute atomic E-state index is 0.665. The average molecular weight is 661 g/mol. The highest BCUT2D eigenvalue weighted by Crippen LogP contribution is 2.54. The lowest BCUT2D eigenvalue weighted by Gasteiger charge is -2.27. The van der Waals surface area contributed by atoms with Gasteiger partial charge in [0.25, 0.3) is 0 Å². The first-order chi connectivity index (χ1) is 24.7. The molecule has 9 aromatic carbocycles. The van der Waals surface area contributed by atoms with E-state index in [2.05, 4.69) is 72.8 Å². The molecule has 236 valence electrons. The fraction of sp³-hybridized carbons (Fsp3) is 0. The second-order valence-electron chi connectivity index (χ2n) is 12.7. The van der Waals surface area contributed by atoms with Crippen molar-refractivity contribution in [1.29, 1.82) is 0 Å². The summed E-state index contributed by atoms with van der Waals surface area (Å²) in [6.45, 7) is 0. The summed E-state index contributed by atoms with van der Waals surface area (Å²) in [5.41, 5.74) is 2.10. The fourth-order valence-electron chi connectivity index (χ4n) is 7.72. The van der Waals surface area contributed by atoms with Crippen LogP contribution in [0.15, 0.2) is 176 Å². The third-order valence-corrected chi connectivity index (χ3v) is 13.1. The zero-order valence-corrected chi connectivity index (χ0v) is 27.8. The van der Waals surface area contributed by atoms with Crippen molar-refractivity contribution < 1.29 is 14.0 Å². The second kappa shape index (κ2) is 11.2. The van der Waals surface area contributed by atoms with Gasteiger partial charge in [-0.2, -0.15) is 0 Å². The van der Waals surface area contributed by atoms with Crippen molar-refractivity contribution in [2.75, 3.05) is 0 Å². The summed E-state index contributed by atoms with van der Waals surface area (Å²) in [4.78, 5) is 0. The molecule has 0 saturated heterocycles. The maximum Gasteiger partial charge on any atom is 0.177 e. The van der Waals surface area contributed by atoms with Crippen molar-refractivity contribution in [1.82, 2.24) is 0 Å². The number of rotatable bonds is 4. The molecule has 0 atom stereocenters. The van der Waals surface area contributed by atoms with Crippen molar-refractivity contribution >= 4 is 66.1 Å². The molecule has 0 saturated carbocycles. The summed E-state index contributed by atoms with van der Waals surface area (Å²) >= 11 is 0. The van der Waals surface area contributed by atoms with Crippen molar-refractivity contribution in [3.05, 3.63) is 176 Å². The maximum absolute atomic E-state index is 16.1. The highest BCUT2D eigenvalue weighted by molar-refractivity contribution is 7.86. The molecule has 0 N–H and O–H groups in total. The van der Waals surface area contributed by atoms with Gasteiger partial charge in [0.15, 0.2) is 30.1 Å². The van der Waals surface area contributed by atoms with E-state index in [-0.39, 0.29) is 0 Å². The molecular weight excluding hydrogens is 631 g/mol. The molecular formula is C46H29O3P. The predicted octanol–water partition coefficient (Wildman–Crippen LogP) is 11.5. The lowest BCUT2D eigenvalue weighted by atomic mass is 9.88. The number of benzene rings is 9. The van der Waals surface area contributed by atoms with E-state index in [1.54, 1.807) is 0 Å². The van der Waals surface area contributed by atoms with Crippen molar-refractivity contribution in [3.8, 4) is 34.1 Å². The summed E-state index contributed by atoms with van der Waals surface area (Å²) in [6, 6.07) is 59.5. The zero-order chi connectivity index (χ0) is 33.2. The van der Waals surface area contributed by atoms with Crippen LogP contribution in [0.5, 0.6) is 23.0 Å². The minimum Gasteiger partial charge on any atom is -0.449 e. The van der Waals surface area contributed by atoms with Gasteiger partial charge in [-0.15, -0.1) is 0 Å². The Labute approximate surface area is 289 Å². The Kier molecular flexibility index (Phi) is 6.46. The van der Waals surface area contributed by atoms with Gasteiger partial charge in [-0.1, -0.05) is 158 Å². The standard InChI is InChI=1S/C46H29O3P/c47-50(32-17-3-1-4-18-32,33-19-5-2-6-20-33)46-38-25-13-10-22-35(38)44(36-23-11-14-26-39(36)46)40-29-43-45(37-24-12-9-21-34(37)40)49-42-28-31-16-8-7-15-30(31)27-41(42)48-43/h1-29H. The van der Waals surface area contributed by atoms with Gasteiger partial charge in [0.05, 0.1) is 0 Å². The molecule has 0 aromatic heterocycles. The van der Waals surface area contributed by atoms with E-state index in [0.717, 1.165) is 70.1 Å². The van der Waals surface area contributed by atoms with Crippen LogP contribution < -0.4 is 25.4 Å². The first-order valence-corrected chi connectivity index (χ1v) is 18.5. The SMILES string of the molecule is O=P(c1ccccc1)(c1ccccc1)c1c2ccccc2c(-c2cc3c(c4ccccc24)Oc2cc4ccccc4cc2O3)c2ccccc12. The van der Waals surface area contributed by atoms with Crippen molar-refractivity contribution in [2.45, 2.75) is 0 Å². The minimum atomic E-state index is -3.35. The van der Waals surface area contributed by atoms with Crippen LogP contribution in [0.3, 0.4) is 0 Å². The Morgan fingerprint density at radius 2 is 0.820 bits per heavy atom. The first kappa shape index (κ1) is 28.8. The van der Waals surface area contributed by atoms with Crippen LogP contribution in [0.25, 0.3) is 54.2 Å². The van der Waals surface area contributed by atoms with Crippen molar-refractivity contribution in [3.63, 3.8) is 0 Å². The highest BCUT2D eigenvalue weighted by Gasteiger charge is 2.35. The largest absolute Gasteiger partial charge is 0.449 e. The Morgan fingerprint density at radius 3 is 1.38 bits per heavy atom. The van der Waals surface area contributed by atoms with Gasteiger partial charge in [-0.25, -0.2) is 0 Å². The molecule has 0 unspecified atom stereocenters. The number of fused-ring (bicyclic) bond motifs is 7. The first-order valence-electron chi connectivity index (χ1n) is 16.8. The van der Waals surface area contributed by atoms with Crippen LogP contribution in [-0.2, 0) is 4.57 Å². The quantitative estimate of drug-likeness (QED) is 0.139. The molecule has 0 radical (unpaired) electrons. The smallest absolute Gasteiger partial charge is 0.177 e. The van der Waals surface area contributed by atoms with E-state index in [0.29, 0.717) is 23.0 Å². The monoisotopic (exact) mass is 660 g/mol. The topological polar surface area (TPSA) is 35.5 Å². The molecule has 1 aliphatic heterocycles. The van der Waals surface area contributed by atoms with Gasteiger partial charge >= 0.3 is 0 Å². The summed E-state index contributed by atoms with van der Waals surface area (Å²) in [6.07, 6.45) is 0. The van der Waals surface area contributed by atoms with E-state index in [9.17, 15) is 0 Å². The zero-order valence-electron chi connectivity index (χ0n) is 26.9. The van der Waals surface area contributed by atoms with Gasteiger partial charge in [0.2, 0.25) is 0 Å². The summed E-state index contributed by atoms with van der Waals surface area (Å²) in [5.74, 6) is 2.76. The van der Waals surface area contributed by atoms with Crippen LogP contribution >= 0.6 is 7.14 Å². The number of hydrogen-bond acceptors (Lipinski definition) is 3. The predicted molar refractivity (Wildman–Crippen MR) is 208 cm³/mol. The third-order valence-electron chi connectivity index (χ3n) is 9.93. The molecule has 50 heavy (non-hydrogen) atoms. The van der Waals surface area contributed by atoms with Gasteiger partial charge in [-0.3, -0.25) is 0 Å². The highest BCUT2D eigenvalue weighted by atomic mass is 31.2. The summed E-state index contributed by atoms with van der Waals surface area (Å²) < 4.78 is 29.4. The van der Waals surface area contributed by atoms with E-state index in [1.807, 2.05) is 103 Å². The molecule has 1 aliphatic rings. The van der Waals surface area contributed by atoms with Crippen LogP contribution in [0, 0.1) is 0 Å². The van der Waals surface area contributed by atoms with Crippen LogP contribution in [0.2, 0.25) is 0 Å². The molecule has 10 rings (SSSR count). The van der Waals surface area contributed by atoms with Crippen molar-refractivity contribution in [2.24, 2.45) is 0 Å². The fourth-order valence-corrected chi connectivity index (χ4v) is 10.8.